The Morgan fingerprint density at radius 1 is 1.25 bits per heavy atom. The van der Waals surface area contributed by atoms with Crippen LogP contribution < -0.4 is 15.2 Å². The zero-order chi connectivity index (χ0) is 20.5. The molecule has 3 aromatic rings. The van der Waals surface area contributed by atoms with Gasteiger partial charge in [0.05, 0.1) is 31.0 Å². The van der Waals surface area contributed by atoms with Crippen molar-refractivity contribution < 1.29 is 17.9 Å². The number of benzene rings is 1. The van der Waals surface area contributed by atoms with Gasteiger partial charge in [-0.15, -0.1) is 0 Å². The Morgan fingerprint density at radius 2 is 2.00 bits per heavy atom. The number of nitrogens with zero attached hydrogens (tertiary/aromatic N) is 2. The zero-order valence-electron chi connectivity index (χ0n) is 16.2. The first-order chi connectivity index (χ1) is 13.2. The molecule has 28 heavy (non-hydrogen) atoms. The van der Waals surface area contributed by atoms with Crippen LogP contribution in [0.4, 0.5) is 0 Å². The number of fused-ring (bicyclic) bond motifs is 1. The molecule has 3 rings (SSSR count). The Kier molecular flexibility index (Phi) is 5.46. The number of methoxy groups -OCH3 is 1. The molecule has 9 heteroatoms. The Labute approximate surface area is 163 Å². The van der Waals surface area contributed by atoms with Crippen molar-refractivity contribution in [3.63, 3.8) is 0 Å². The van der Waals surface area contributed by atoms with Crippen LogP contribution in [0, 0.1) is 6.92 Å². The van der Waals surface area contributed by atoms with Gasteiger partial charge in [0.1, 0.15) is 9.84 Å². The molecule has 0 saturated heterocycles. The van der Waals surface area contributed by atoms with Crippen molar-refractivity contribution in [2.75, 3.05) is 25.7 Å². The van der Waals surface area contributed by atoms with Gasteiger partial charge in [-0.05, 0) is 43.2 Å². The Balaban J connectivity index is 2.23. The number of sulfone groups is 1. The van der Waals surface area contributed by atoms with E-state index in [9.17, 15) is 13.2 Å². The van der Waals surface area contributed by atoms with Gasteiger partial charge in [-0.2, -0.15) is 0 Å². The van der Waals surface area contributed by atoms with Crippen LogP contribution >= 0.6 is 0 Å². The predicted octanol–water partition coefficient (Wildman–Crippen LogP) is 2.07. The van der Waals surface area contributed by atoms with E-state index >= 15 is 0 Å². The van der Waals surface area contributed by atoms with Crippen molar-refractivity contribution in [2.24, 2.45) is 0 Å². The highest BCUT2D eigenvalue weighted by molar-refractivity contribution is 7.90. The largest absolute Gasteiger partial charge is 0.493 e. The summed E-state index contributed by atoms with van der Waals surface area (Å²) in [4.78, 5) is 19.8. The maximum atomic E-state index is 12.7. The molecule has 0 spiro atoms. The van der Waals surface area contributed by atoms with Crippen LogP contribution in [0.25, 0.3) is 11.2 Å². The molecule has 0 radical (unpaired) electrons. The number of pyridine rings is 1. The van der Waals surface area contributed by atoms with E-state index in [0.29, 0.717) is 34.8 Å². The lowest BCUT2D eigenvalue weighted by molar-refractivity contribution is 0.310. The number of rotatable bonds is 7. The lowest BCUT2D eigenvalue weighted by atomic mass is 10.1. The van der Waals surface area contributed by atoms with Gasteiger partial charge in [-0.3, -0.25) is 4.57 Å². The fourth-order valence-corrected chi connectivity index (χ4v) is 4.10. The minimum Gasteiger partial charge on any atom is -0.493 e. The smallest absolute Gasteiger partial charge is 0.328 e. The van der Waals surface area contributed by atoms with Gasteiger partial charge in [0.2, 0.25) is 0 Å². The first-order valence-electron chi connectivity index (χ1n) is 8.78. The molecule has 1 atom stereocenters. The van der Waals surface area contributed by atoms with Crippen molar-refractivity contribution in [3.8, 4) is 11.5 Å². The molecule has 0 aliphatic rings. The number of hydrogen-bond donors (Lipinski definition) is 1. The molecule has 150 valence electrons. The summed E-state index contributed by atoms with van der Waals surface area (Å²) < 4.78 is 36.6. The number of aromatic nitrogens is 3. The highest BCUT2D eigenvalue weighted by atomic mass is 32.2. The number of hydrogen-bond acceptors (Lipinski definition) is 6. The van der Waals surface area contributed by atoms with E-state index in [4.69, 9.17) is 9.47 Å². The van der Waals surface area contributed by atoms with E-state index in [-0.39, 0.29) is 5.75 Å². The lowest BCUT2D eigenvalue weighted by Crippen LogP contribution is -2.28. The molecule has 2 aromatic heterocycles. The average molecular weight is 405 g/mol. The summed E-state index contributed by atoms with van der Waals surface area (Å²) in [6, 6.07) is 6.18. The third kappa shape index (κ3) is 4.04. The molecule has 0 fully saturated rings. The highest BCUT2D eigenvalue weighted by Crippen LogP contribution is 2.32. The van der Waals surface area contributed by atoms with Gasteiger partial charge in [0.25, 0.3) is 0 Å². The van der Waals surface area contributed by atoms with Gasteiger partial charge in [-0.25, -0.2) is 18.2 Å². The second-order valence-electron chi connectivity index (χ2n) is 6.64. The summed E-state index contributed by atoms with van der Waals surface area (Å²) in [6.45, 7) is 4.13. The summed E-state index contributed by atoms with van der Waals surface area (Å²) in [6.07, 6.45) is 2.79. The summed E-state index contributed by atoms with van der Waals surface area (Å²) in [5.74, 6) is 0.759. The summed E-state index contributed by atoms with van der Waals surface area (Å²) in [5, 5.41) is 0. The molecule has 0 aliphatic heterocycles. The van der Waals surface area contributed by atoms with E-state index in [1.165, 1.54) is 11.7 Å². The van der Waals surface area contributed by atoms with Crippen molar-refractivity contribution in [3.05, 3.63) is 52.1 Å². The molecule has 0 aliphatic carbocycles. The highest BCUT2D eigenvalue weighted by Gasteiger charge is 2.25. The monoisotopic (exact) mass is 405 g/mol. The predicted molar refractivity (Wildman–Crippen MR) is 107 cm³/mol. The minimum absolute atomic E-state index is 0.257. The van der Waals surface area contributed by atoms with Gasteiger partial charge in [0, 0.05) is 12.5 Å². The number of imidazole rings is 1. The van der Waals surface area contributed by atoms with Crippen LogP contribution in [0.2, 0.25) is 0 Å². The van der Waals surface area contributed by atoms with E-state index in [2.05, 4.69) is 9.97 Å². The number of aryl methyl sites for hydroxylation is 1. The Morgan fingerprint density at radius 3 is 2.64 bits per heavy atom. The molecule has 8 nitrogen and oxygen atoms in total. The van der Waals surface area contributed by atoms with Gasteiger partial charge in [0.15, 0.2) is 17.1 Å². The molecule has 0 amide bonds. The second-order valence-corrected chi connectivity index (χ2v) is 8.82. The van der Waals surface area contributed by atoms with Crippen LogP contribution in [0.15, 0.2) is 35.3 Å². The fraction of sp³-hybridized carbons (Fsp3) is 0.368. The van der Waals surface area contributed by atoms with Gasteiger partial charge in [-0.1, -0.05) is 6.07 Å². The average Bonchev–Trinajstić information content (AvgIpc) is 2.94. The number of ether oxygens (including phenoxy) is 2. The van der Waals surface area contributed by atoms with Crippen LogP contribution in [-0.2, 0) is 9.84 Å². The molecular formula is C19H23N3O5S. The fourth-order valence-electron chi connectivity index (χ4n) is 3.18. The van der Waals surface area contributed by atoms with E-state index in [0.717, 1.165) is 11.8 Å². The summed E-state index contributed by atoms with van der Waals surface area (Å²) >= 11 is 0. The van der Waals surface area contributed by atoms with Crippen LogP contribution in [0.5, 0.6) is 11.5 Å². The SMILES string of the molecule is CCOc1cc([C@@H](CS(C)(=O)=O)n2c(=O)[nH]c3cc(C)cnc32)ccc1OC. The molecule has 0 saturated carbocycles. The van der Waals surface area contributed by atoms with Gasteiger partial charge >= 0.3 is 5.69 Å². The first kappa shape index (κ1) is 19.9. The number of nitrogens with one attached hydrogen (secondary N) is 1. The number of H-pyrrole nitrogens is 1. The third-order valence-corrected chi connectivity index (χ3v) is 5.26. The van der Waals surface area contributed by atoms with Gasteiger partial charge < -0.3 is 14.5 Å². The maximum Gasteiger partial charge on any atom is 0.328 e. The van der Waals surface area contributed by atoms with Crippen LogP contribution in [0.3, 0.4) is 0 Å². The minimum atomic E-state index is -3.41. The van der Waals surface area contributed by atoms with Crippen LogP contribution in [0.1, 0.15) is 24.1 Å². The Bertz CT molecular complexity index is 1160. The second kappa shape index (κ2) is 7.67. The first-order valence-corrected chi connectivity index (χ1v) is 10.8. The molecule has 0 unspecified atom stereocenters. The molecule has 1 N–H and O–H groups in total. The number of aromatic amines is 1. The molecule has 1 aromatic carbocycles. The molecular weight excluding hydrogens is 382 g/mol. The van der Waals surface area contributed by atoms with Crippen molar-refractivity contribution in [2.45, 2.75) is 19.9 Å². The normalized spacial score (nSPS) is 12.9. The Hall–Kier alpha value is -2.81. The van der Waals surface area contributed by atoms with Crippen molar-refractivity contribution in [1.29, 1.82) is 0 Å². The van der Waals surface area contributed by atoms with E-state index < -0.39 is 21.6 Å². The van der Waals surface area contributed by atoms with E-state index in [1.54, 1.807) is 30.5 Å². The maximum absolute atomic E-state index is 12.7. The van der Waals surface area contributed by atoms with Crippen molar-refractivity contribution >= 4 is 21.0 Å². The molecule has 2 heterocycles. The zero-order valence-corrected chi connectivity index (χ0v) is 17.0. The topological polar surface area (TPSA) is 103 Å². The lowest BCUT2D eigenvalue weighted by Gasteiger charge is -2.20. The van der Waals surface area contributed by atoms with E-state index in [1.807, 2.05) is 13.8 Å². The molecule has 0 bridgehead atoms. The standard InChI is InChI=1S/C19H23N3O5S/c1-5-27-17-9-13(6-7-16(17)26-3)15(11-28(4,24)25)22-18-14(21-19(22)23)8-12(2)10-20-18/h6-10,15H,5,11H2,1-4H3,(H,21,23)/t15-/m1/s1. The summed E-state index contributed by atoms with van der Waals surface area (Å²) in [7, 11) is -1.88. The third-order valence-electron chi connectivity index (χ3n) is 4.34. The van der Waals surface area contributed by atoms with Crippen LogP contribution in [-0.4, -0.2) is 48.7 Å². The quantitative estimate of drug-likeness (QED) is 0.645. The summed E-state index contributed by atoms with van der Waals surface area (Å²) in [5.41, 5.74) is 2.04. The van der Waals surface area contributed by atoms with Crippen molar-refractivity contribution in [1.82, 2.24) is 14.5 Å².